The molecule has 3 aromatic rings. The largest absolute Gasteiger partial charge is 0.326 e. The lowest BCUT2D eigenvalue weighted by atomic mass is 10.3. The summed E-state index contributed by atoms with van der Waals surface area (Å²) in [6.45, 7) is 3.75. The van der Waals surface area contributed by atoms with Gasteiger partial charge in [0.15, 0.2) is 11.0 Å². The summed E-state index contributed by atoms with van der Waals surface area (Å²) in [6.07, 6.45) is 1.99. The number of aromatic amines is 1. The smallest absolute Gasteiger partial charge is 0.232 e. The van der Waals surface area contributed by atoms with E-state index in [0.29, 0.717) is 22.7 Å². The molecule has 27 heavy (non-hydrogen) atoms. The lowest BCUT2D eigenvalue weighted by molar-refractivity contribution is -0.117. The minimum absolute atomic E-state index is 0.104. The highest BCUT2D eigenvalue weighted by molar-refractivity contribution is 7.99. The fraction of sp³-hybridized carbons (Fsp3) is 0.278. The van der Waals surface area contributed by atoms with Crippen LogP contribution in [0.5, 0.6) is 0 Å². The first-order chi connectivity index (χ1) is 13.0. The number of carbonyl (C=O) groups is 1. The number of carbonyl (C=O) groups excluding carboxylic acids is 1. The second kappa shape index (κ2) is 7.36. The van der Waals surface area contributed by atoms with Crippen molar-refractivity contribution in [2.24, 2.45) is 5.92 Å². The summed E-state index contributed by atoms with van der Waals surface area (Å²) in [6, 6.07) is 9.54. The third-order valence-corrected chi connectivity index (χ3v) is 4.82. The highest BCUT2D eigenvalue weighted by atomic mass is 32.2. The molecular formula is C18H19N7OS. The highest BCUT2D eigenvalue weighted by Crippen LogP contribution is 2.31. The molecule has 0 radical (unpaired) electrons. The fourth-order valence-corrected chi connectivity index (χ4v) is 3.25. The van der Waals surface area contributed by atoms with E-state index in [2.05, 4.69) is 35.8 Å². The van der Waals surface area contributed by atoms with Crippen LogP contribution in [0.3, 0.4) is 0 Å². The van der Waals surface area contributed by atoms with Gasteiger partial charge in [-0.3, -0.25) is 9.89 Å². The van der Waals surface area contributed by atoms with Crippen molar-refractivity contribution in [1.82, 2.24) is 25.1 Å². The van der Waals surface area contributed by atoms with Crippen molar-refractivity contribution in [1.29, 1.82) is 0 Å². The topological polar surface area (TPSA) is 108 Å². The van der Waals surface area contributed by atoms with Crippen molar-refractivity contribution < 1.29 is 4.79 Å². The third kappa shape index (κ3) is 4.62. The monoisotopic (exact) mass is 381 g/mol. The third-order valence-electron chi connectivity index (χ3n) is 3.95. The van der Waals surface area contributed by atoms with Gasteiger partial charge in [0.05, 0.1) is 0 Å². The van der Waals surface area contributed by atoms with Crippen LogP contribution >= 0.6 is 11.8 Å². The summed E-state index contributed by atoms with van der Waals surface area (Å²) >= 11 is 1.43. The Kier molecular flexibility index (Phi) is 4.76. The lowest BCUT2D eigenvalue weighted by Gasteiger charge is -2.07. The van der Waals surface area contributed by atoms with E-state index in [1.807, 2.05) is 44.2 Å². The van der Waals surface area contributed by atoms with E-state index in [0.717, 1.165) is 29.1 Å². The van der Waals surface area contributed by atoms with Crippen molar-refractivity contribution in [2.75, 3.05) is 10.6 Å². The summed E-state index contributed by atoms with van der Waals surface area (Å²) in [5, 5.41) is 13.6. The maximum absolute atomic E-state index is 11.8. The van der Waals surface area contributed by atoms with Crippen LogP contribution in [0.15, 0.2) is 40.4 Å². The number of hydrogen-bond donors (Lipinski definition) is 3. The number of nitrogens with one attached hydrogen (secondary N) is 3. The van der Waals surface area contributed by atoms with E-state index < -0.39 is 0 Å². The number of hydrogen-bond acceptors (Lipinski definition) is 7. The number of anilines is 3. The van der Waals surface area contributed by atoms with Gasteiger partial charge in [-0.1, -0.05) is 0 Å². The Morgan fingerprint density at radius 2 is 1.93 bits per heavy atom. The Morgan fingerprint density at radius 1 is 1.15 bits per heavy atom. The lowest BCUT2D eigenvalue weighted by Crippen LogP contribution is -2.12. The average Bonchev–Trinajstić information content (AvgIpc) is 3.40. The number of aryl methyl sites for hydroxylation is 2. The number of amides is 1. The molecule has 4 rings (SSSR count). The van der Waals surface area contributed by atoms with Gasteiger partial charge in [-0.15, -0.1) is 0 Å². The van der Waals surface area contributed by atoms with Gasteiger partial charge in [-0.25, -0.2) is 4.98 Å². The molecule has 2 aromatic heterocycles. The number of nitrogens with zero attached hydrogens (tertiary/aromatic N) is 4. The quantitative estimate of drug-likeness (QED) is 0.600. The fourth-order valence-electron chi connectivity index (χ4n) is 2.46. The van der Waals surface area contributed by atoms with Gasteiger partial charge >= 0.3 is 0 Å². The summed E-state index contributed by atoms with van der Waals surface area (Å²) in [5.41, 5.74) is 1.76. The zero-order chi connectivity index (χ0) is 18.8. The molecule has 0 spiro atoms. The van der Waals surface area contributed by atoms with E-state index in [-0.39, 0.29) is 11.8 Å². The van der Waals surface area contributed by atoms with Gasteiger partial charge in [0.2, 0.25) is 11.9 Å². The molecule has 1 fully saturated rings. The van der Waals surface area contributed by atoms with Crippen LogP contribution in [0.4, 0.5) is 17.5 Å². The van der Waals surface area contributed by atoms with Gasteiger partial charge in [0.1, 0.15) is 5.82 Å². The zero-order valence-corrected chi connectivity index (χ0v) is 15.8. The van der Waals surface area contributed by atoms with Crippen LogP contribution in [0.25, 0.3) is 0 Å². The van der Waals surface area contributed by atoms with Crippen molar-refractivity contribution in [3.05, 3.63) is 41.9 Å². The molecule has 2 heterocycles. The number of aromatic nitrogens is 5. The number of H-pyrrole nitrogens is 1. The summed E-state index contributed by atoms with van der Waals surface area (Å²) in [7, 11) is 0. The first-order valence-corrected chi connectivity index (χ1v) is 9.47. The van der Waals surface area contributed by atoms with Crippen LogP contribution in [-0.4, -0.2) is 31.1 Å². The SMILES string of the molecule is Cc1nc(Nc2cc(C)[nH]n2)nc(Sc2ccc(NC(=O)C3CC3)cc2)n1. The molecule has 0 atom stereocenters. The van der Waals surface area contributed by atoms with E-state index >= 15 is 0 Å². The van der Waals surface area contributed by atoms with Gasteiger partial charge in [0, 0.05) is 28.3 Å². The van der Waals surface area contributed by atoms with Crippen LogP contribution in [0, 0.1) is 19.8 Å². The Labute approximate surface area is 160 Å². The minimum Gasteiger partial charge on any atom is -0.326 e. The molecule has 1 aliphatic carbocycles. The van der Waals surface area contributed by atoms with Crippen molar-refractivity contribution >= 4 is 35.1 Å². The van der Waals surface area contributed by atoms with Gasteiger partial charge in [-0.05, 0) is 62.7 Å². The molecule has 0 unspecified atom stereocenters. The van der Waals surface area contributed by atoms with Crippen LogP contribution in [0.1, 0.15) is 24.4 Å². The van der Waals surface area contributed by atoms with Crippen molar-refractivity contribution in [3.63, 3.8) is 0 Å². The Bertz CT molecular complexity index is 966. The molecule has 138 valence electrons. The first kappa shape index (κ1) is 17.5. The molecule has 9 heteroatoms. The van der Waals surface area contributed by atoms with E-state index in [4.69, 9.17) is 0 Å². The number of rotatable bonds is 6. The maximum Gasteiger partial charge on any atom is 0.232 e. The highest BCUT2D eigenvalue weighted by Gasteiger charge is 2.29. The zero-order valence-electron chi connectivity index (χ0n) is 15.0. The van der Waals surface area contributed by atoms with E-state index in [1.54, 1.807) is 0 Å². The summed E-state index contributed by atoms with van der Waals surface area (Å²) in [5.74, 6) is 2.02. The van der Waals surface area contributed by atoms with Gasteiger partial charge in [0.25, 0.3) is 0 Å². The minimum atomic E-state index is 0.104. The molecule has 0 saturated heterocycles. The second-order valence-corrected chi connectivity index (χ2v) is 7.48. The van der Waals surface area contributed by atoms with Gasteiger partial charge < -0.3 is 10.6 Å². The summed E-state index contributed by atoms with van der Waals surface area (Å²) < 4.78 is 0. The van der Waals surface area contributed by atoms with Crippen LogP contribution in [-0.2, 0) is 4.79 Å². The van der Waals surface area contributed by atoms with Crippen molar-refractivity contribution in [2.45, 2.75) is 36.7 Å². The predicted octanol–water partition coefficient (Wildman–Crippen LogP) is 3.45. The molecular weight excluding hydrogens is 362 g/mol. The van der Waals surface area contributed by atoms with Crippen molar-refractivity contribution in [3.8, 4) is 0 Å². The molecule has 1 saturated carbocycles. The molecule has 1 aliphatic rings. The average molecular weight is 381 g/mol. The maximum atomic E-state index is 11.8. The molecule has 1 aromatic carbocycles. The van der Waals surface area contributed by atoms with E-state index in [9.17, 15) is 4.79 Å². The van der Waals surface area contributed by atoms with Gasteiger partial charge in [-0.2, -0.15) is 15.1 Å². The summed E-state index contributed by atoms with van der Waals surface area (Å²) in [4.78, 5) is 25.9. The molecule has 1 amide bonds. The molecule has 0 bridgehead atoms. The van der Waals surface area contributed by atoms with Crippen LogP contribution < -0.4 is 10.6 Å². The Morgan fingerprint density at radius 3 is 2.59 bits per heavy atom. The first-order valence-electron chi connectivity index (χ1n) is 8.66. The Hall–Kier alpha value is -2.94. The molecule has 8 nitrogen and oxygen atoms in total. The Balaban J connectivity index is 1.44. The predicted molar refractivity (Wildman–Crippen MR) is 103 cm³/mol. The molecule has 0 aliphatic heterocycles. The molecule has 3 N–H and O–H groups in total. The normalized spacial score (nSPS) is 13.4. The number of benzene rings is 1. The van der Waals surface area contributed by atoms with E-state index in [1.165, 1.54) is 11.8 Å². The van der Waals surface area contributed by atoms with Crippen LogP contribution in [0.2, 0.25) is 0 Å². The second-order valence-electron chi connectivity index (χ2n) is 6.44. The standard InChI is InChI=1S/C18H19N7OS/c1-10-9-15(25-24-10)22-17-19-11(2)20-18(23-17)27-14-7-5-13(6-8-14)21-16(26)12-3-4-12/h5-9,12H,3-4H2,1-2H3,(H,21,26)(H2,19,20,22,23,24,25).